The molecule has 0 spiro atoms. The maximum Gasteiger partial charge on any atom is 0.163 e. The standard InChI is InChI=1S/C16H21NO3/c18-9-5-6-12-14(7-9)20-15-8-13(19)10-3-1-2-4-11(10)16(15)17-12/h8-12,14,18H,1-7H2. The van der Waals surface area contributed by atoms with Gasteiger partial charge in [-0.1, -0.05) is 12.8 Å². The van der Waals surface area contributed by atoms with Crippen LogP contribution < -0.4 is 0 Å². The van der Waals surface area contributed by atoms with E-state index >= 15 is 0 Å². The van der Waals surface area contributed by atoms with E-state index in [0.29, 0.717) is 12.2 Å². The van der Waals surface area contributed by atoms with E-state index in [9.17, 15) is 9.90 Å². The van der Waals surface area contributed by atoms with E-state index in [4.69, 9.17) is 9.73 Å². The van der Waals surface area contributed by atoms with Crippen molar-refractivity contribution in [2.45, 2.75) is 63.2 Å². The maximum atomic E-state index is 12.2. The van der Waals surface area contributed by atoms with Gasteiger partial charge in [-0.15, -0.1) is 0 Å². The Kier molecular flexibility index (Phi) is 2.95. The molecule has 4 heteroatoms. The first-order valence-electron chi connectivity index (χ1n) is 7.90. The van der Waals surface area contributed by atoms with Gasteiger partial charge in [0.25, 0.3) is 0 Å². The van der Waals surface area contributed by atoms with Crippen LogP contribution in [-0.2, 0) is 9.53 Å². The van der Waals surface area contributed by atoms with Crippen LogP contribution in [-0.4, -0.2) is 34.9 Å². The first-order valence-corrected chi connectivity index (χ1v) is 7.90. The van der Waals surface area contributed by atoms with Gasteiger partial charge in [0, 0.05) is 24.3 Å². The first-order chi connectivity index (χ1) is 9.72. The topological polar surface area (TPSA) is 58.9 Å². The van der Waals surface area contributed by atoms with Gasteiger partial charge in [-0.05, 0) is 25.7 Å². The molecule has 0 saturated heterocycles. The third-order valence-corrected chi connectivity index (χ3v) is 5.32. The van der Waals surface area contributed by atoms with Crippen LogP contribution >= 0.6 is 0 Å². The molecular formula is C16H21NO3. The van der Waals surface area contributed by atoms with Gasteiger partial charge < -0.3 is 9.84 Å². The van der Waals surface area contributed by atoms with Crippen LogP contribution in [0.2, 0.25) is 0 Å². The Bertz CT molecular complexity index is 496. The van der Waals surface area contributed by atoms with E-state index in [-0.39, 0.29) is 35.9 Å². The van der Waals surface area contributed by atoms with Crippen molar-refractivity contribution in [3.05, 3.63) is 11.8 Å². The number of carbonyl (C=O) groups is 1. The van der Waals surface area contributed by atoms with Gasteiger partial charge in [0.2, 0.25) is 0 Å². The molecule has 108 valence electrons. The molecule has 0 radical (unpaired) electrons. The third kappa shape index (κ3) is 1.93. The largest absolute Gasteiger partial charge is 0.486 e. The number of ketones is 1. The monoisotopic (exact) mass is 275 g/mol. The third-order valence-electron chi connectivity index (χ3n) is 5.32. The lowest BCUT2D eigenvalue weighted by Crippen LogP contribution is -2.46. The number of carbonyl (C=O) groups excluding carboxylic acids is 1. The molecule has 2 fully saturated rings. The van der Waals surface area contributed by atoms with Crippen molar-refractivity contribution in [2.24, 2.45) is 16.8 Å². The van der Waals surface area contributed by atoms with Crippen LogP contribution in [0.4, 0.5) is 0 Å². The summed E-state index contributed by atoms with van der Waals surface area (Å²) in [6.07, 6.45) is 8.10. The van der Waals surface area contributed by atoms with Crippen LogP contribution in [0.25, 0.3) is 0 Å². The molecule has 2 saturated carbocycles. The minimum atomic E-state index is -0.282. The maximum absolute atomic E-state index is 12.2. The molecule has 4 aliphatic rings. The highest BCUT2D eigenvalue weighted by Crippen LogP contribution is 2.41. The van der Waals surface area contributed by atoms with Crippen molar-refractivity contribution in [1.29, 1.82) is 0 Å². The molecule has 3 aliphatic carbocycles. The summed E-state index contributed by atoms with van der Waals surface area (Å²) < 4.78 is 6.03. The number of ether oxygens (including phenoxy) is 1. The molecule has 0 aromatic carbocycles. The number of allylic oxidation sites excluding steroid dienone is 2. The molecule has 5 atom stereocenters. The second kappa shape index (κ2) is 4.69. The lowest BCUT2D eigenvalue weighted by atomic mass is 9.70. The van der Waals surface area contributed by atoms with Gasteiger partial charge in [-0.25, -0.2) is 0 Å². The zero-order chi connectivity index (χ0) is 13.7. The number of hydrogen-bond donors (Lipinski definition) is 1. The molecule has 4 nitrogen and oxygen atoms in total. The Morgan fingerprint density at radius 2 is 1.95 bits per heavy atom. The second-order valence-electron chi connectivity index (χ2n) is 6.61. The van der Waals surface area contributed by atoms with Crippen molar-refractivity contribution >= 4 is 11.5 Å². The molecular weight excluding hydrogens is 254 g/mol. The van der Waals surface area contributed by atoms with Crippen LogP contribution in [0.1, 0.15) is 44.9 Å². The predicted molar refractivity (Wildman–Crippen MR) is 74.5 cm³/mol. The Morgan fingerprint density at radius 3 is 2.80 bits per heavy atom. The number of hydrogen-bond acceptors (Lipinski definition) is 4. The number of aliphatic hydroxyl groups excluding tert-OH is 1. The first kappa shape index (κ1) is 12.6. The smallest absolute Gasteiger partial charge is 0.163 e. The number of rotatable bonds is 0. The zero-order valence-electron chi connectivity index (χ0n) is 11.6. The number of fused-ring (bicyclic) bond motifs is 4. The van der Waals surface area contributed by atoms with Crippen molar-refractivity contribution in [3.8, 4) is 0 Å². The Balaban J connectivity index is 1.68. The Hall–Kier alpha value is -1.16. The highest BCUT2D eigenvalue weighted by molar-refractivity contribution is 6.12. The molecule has 0 bridgehead atoms. The minimum absolute atomic E-state index is 0.0401. The van der Waals surface area contributed by atoms with E-state index in [2.05, 4.69) is 0 Å². The van der Waals surface area contributed by atoms with E-state index in [1.165, 1.54) is 6.42 Å². The summed E-state index contributed by atoms with van der Waals surface area (Å²) in [5.74, 6) is 1.34. The van der Waals surface area contributed by atoms with Crippen molar-refractivity contribution < 1.29 is 14.6 Å². The van der Waals surface area contributed by atoms with E-state index in [0.717, 1.165) is 37.8 Å². The van der Waals surface area contributed by atoms with Gasteiger partial charge in [0.1, 0.15) is 11.9 Å². The quantitative estimate of drug-likeness (QED) is 0.735. The highest BCUT2D eigenvalue weighted by atomic mass is 16.5. The van der Waals surface area contributed by atoms with E-state index < -0.39 is 0 Å². The molecule has 0 amide bonds. The number of aliphatic imine (C=N–C) groups is 1. The molecule has 4 rings (SSSR count). The molecule has 1 heterocycles. The average Bonchev–Trinajstić information content (AvgIpc) is 2.46. The van der Waals surface area contributed by atoms with Gasteiger partial charge in [-0.3, -0.25) is 9.79 Å². The Labute approximate surface area is 118 Å². The molecule has 0 aromatic rings. The van der Waals surface area contributed by atoms with Crippen molar-refractivity contribution in [2.75, 3.05) is 0 Å². The SMILES string of the molecule is O=C1C=C2OC3CC(O)CCC3N=C2C2CCCCC12. The lowest BCUT2D eigenvalue weighted by Gasteiger charge is -2.42. The van der Waals surface area contributed by atoms with Crippen LogP contribution in [0.15, 0.2) is 16.8 Å². The predicted octanol–water partition coefficient (Wildman–Crippen LogP) is 2.01. The summed E-state index contributed by atoms with van der Waals surface area (Å²) in [4.78, 5) is 17.2. The molecule has 1 aliphatic heterocycles. The molecule has 0 aromatic heterocycles. The summed E-state index contributed by atoms with van der Waals surface area (Å²) in [5.41, 5.74) is 1.05. The molecule has 5 unspecified atom stereocenters. The highest BCUT2D eigenvalue weighted by Gasteiger charge is 2.44. The fourth-order valence-corrected chi connectivity index (χ4v) is 4.25. The second-order valence-corrected chi connectivity index (χ2v) is 6.61. The van der Waals surface area contributed by atoms with Gasteiger partial charge in [0.15, 0.2) is 5.78 Å². The fraction of sp³-hybridized carbons (Fsp3) is 0.750. The summed E-state index contributed by atoms with van der Waals surface area (Å²) in [6, 6.07) is 0.182. The van der Waals surface area contributed by atoms with Crippen LogP contribution in [0.3, 0.4) is 0 Å². The van der Waals surface area contributed by atoms with Crippen LogP contribution in [0.5, 0.6) is 0 Å². The summed E-state index contributed by atoms with van der Waals surface area (Å²) >= 11 is 0. The van der Waals surface area contributed by atoms with Crippen molar-refractivity contribution in [3.63, 3.8) is 0 Å². The summed E-state index contributed by atoms with van der Waals surface area (Å²) in [6.45, 7) is 0. The Morgan fingerprint density at radius 1 is 1.15 bits per heavy atom. The normalized spacial score (nSPS) is 43.5. The lowest BCUT2D eigenvalue weighted by molar-refractivity contribution is -0.120. The summed E-state index contributed by atoms with van der Waals surface area (Å²) in [7, 11) is 0. The minimum Gasteiger partial charge on any atom is -0.486 e. The number of nitrogens with zero attached hydrogens (tertiary/aromatic N) is 1. The molecule has 1 N–H and O–H groups in total. The zero-order valence-corrected chi connectivity index (χ0v) is 11.6. The van der Waals surface area contributed by atoms with E-state index in [1.807, 2.05) is 0 Å². The van der Waals surface area contributed by atoms with Gasteiger partial charge in [0.05, 0.1) is 17.9 Å². The summed E-state index contributed by atoms with van der Waals surface area (Å²) in [5, 5.41) is 9.77. The average molecular weight is 275 g/mol. The molecule has 20 heavy (non-hydrogen) atoms. The number of aliphatic hydroxyl groups is 1. The van der Waals surface area contributed by atoms with E-state index in [1.54, 1.807) is 6.08 Å². The fourth-order valence-electron chi connectivity index (χ4n) is 4.25. The van der Waals surface area contributed by atoms with Crippen LogP contribution in [0, 0.1) is 11.8 Å². The van der Waals surface area contributed by atoms with Crippen molar-refractivity contribution in [1.82, 2.24) is 0 Å². The van der Waals surface area contributed by atoms with Gasteiger partial charge in [-0.2, -0.15) is 0 Å². The van der Waals surface area contributed by atoms with Gasteiger partial charge >= 0.3 is 0 Å².